The van der Waals surface area contributed by atoms with Gasteiger partial charge in [-0.05, 0) is 0 Å². The molecule has 0 radical (unpaired) electrons. The molecule has 0 aromatic heterocycles. The Morgan fingerprint density at radius 3 is 1.31 bits per heavy atom. The molecular formula is C8H20N2O3. The fourth-order valence-corrected chi connectivity index (χ4v) is 0.387. The summed E-state index contributed by atoms with van der Waals surface area (Å²) < 4.78 is 0.169. The van der Waals surface area contributed by atoms with Crippen LogP contribution in [0, 0.1) is 5.21 Å². The Morgan fingerprint density at radius 1 is 1.08 bits per heavy atom. The zero-order valence-corrected chi connectivity index (χ0v) is 9.33. The number of quaternary nitrogens is 2. The number of carbonyl (C=O) groups is 1. The predicted octanol–water partition coefficient (Wildman–Crippen LogP) is -1.37. The Morgan fingerprint density at radius 2 is 1.31 bits per heavy atom. The zero-order valence-electron chi connectivity index (χ0n) is 9.33. The van der Waals surface area contributed by atoms with Gasteiger partial charge in [0.15, 0.2) is 0 Å². The van der Waals surface area contributed by atoms with E-state index in [1.165, 1.54) is 0 Å². The second-order valence-corrected chi connectivity index (χ2v) is 4.71. The third-order valence-corrected chi connectivity index (χ3v) is 0.603. The minimum Gasteiger partial charge on any atom is -0.633 e. The van der Waals surface area contributed by atoms with Crippen molar-refractivity contribution in [3.8, 4) is 0 Å². The molecule has 0 N–H and O–H groups in total. The van der Waals surface area contributed by atoms with Gasteiger partial charge < -0.3 is 24.2 Å². The first-order valence-electron chi connectivity index (χ1n) is 3.94. The van der Waals surface area contributed by atoms with Crippen LogP contribution in [-0.2, 0) is 4.79 Å². The molecule has 0 aliphatic carbocycles. The fraction of sp³-hybridized carbons (Fsp3) is 0.875. The molecule has 0 heterocycles. The van der Waals surface area contributed by atoms with Crippen molar-refractivity contribution in [2.45, 2.75) is 0 Å². The molecule has 0 aromatic rings. The van der Waals surface area contributed by atoms with Crippen molar-refractivity contribution in [2.75, 3.05) is 48.8 Å². The molecule has 13 heavy (non-hydrogen) atoms. The molecule has 0 aliphatic heterocycles. The van der Waals surface area contributed by atoms with Gasteiger partial charge in [0.25, 0.3) is 0 Å². The monoisotopic (exact) mass is 192 g/mol. The molecule has 0 atom stereocenters. The summed E-state index contributed by atoms with van der Waals surface area (Å²) in [5.74, 6) is -1.00. The van der Waals surface area contributed by atoms with Gasteiger partial charge in [-0.25, -0.2) is 0 Å². The number of hydrogen-bond donors (Lipinski definition) is 0. The molecule has 0 spiro atoms. The Hall–Kier alpha value is -0.650. The number of carboxylic acid groups (broad SMARTS) is 1. The van der Waals surface area contributed by atoms with Crippen molar-refractivity contribution in [1.29, 1.82) is 0 Å². The highest BCUT2D eigenvalue weighted by molar-refractivity contribution is 5.65. The van der Waals surface area contributed by atoms with E-state index in [-0.39, 0.29) is 11.2 Å². The minimum atomic E-state index is -1.00. The number of carbonyl (C=O) groups excluding carboxylic acids is 1. The van der Waals surface area contributed by atoms with Crippen molar-refractivity contribution < 1.29 is 19.0 Å². The van der Waals surface area contributed by atoms with E-state index in [0.717, 1.165) is 0 Å². The molecule has 0 bridgehead atoms. The Bertz CT molecular complexity index is 150. The van der Waals surface area contributed by atoms with E-state index < -0.39 is 5.97 Å². The summed E-state index contributed by atoms with van der Waals surface area (Å²) in [5.41, 5.74) is 0. The molecule has 0 aromatic carbocycles. The first-order chi connectivity index (χ1) is 5.42. The van der Waals surface area contributed by atoms with Gasteiger partial charge in [0.2, 0.25) is 0 Å². The lowest BCUT2D eigenvalue weighted by Gasteiger charge is -2.27. The van der Waals surface area contributed by atoms with E-state index >= 15 is 0 Å². The average Bonchev–Trinajstić information content (AvgIpc) is 1.47. The number of carboxylic acids is 1. The maximum absolute atomic E-state index is 10.0. The third kappa shape index (κ3) is 52.4. The van der Waals surface area contributed by atoms with Crippen molar-refractivity contribution in [1.82, 2.24) is 0 Å². The maximum atomic E-state index is 10.0. The van der Waals surface area contributed by atoms with E-state index in [1.54, 1.807) is 42.3 Å². The zero-order chi connectivity index (χ0) is 11.3. The van der Waals surface area contributed by atoms with Crippen molar-refractivity contribution in [3.05, 3.63) is 5.21 Å². The molecular weight excluding hydrogens is 172 g/mol. The highest BCUT2D eigenvalue weighted by atomic mass is 16.5. The predicted molar refractivity (Wildman–Crippen MR) is 49.3 cm³/mol. The lowest BCUT2D eigenvalue weighted by atomic mass is 10.5. The number of likely N-dealkylation sites (N-methyl/N-ethyl adjacent to an activating group) is 1. The second-order valence-electron chi connectivity index (χ2n) is 4.71. The topological polar surface area (TPSA) is 63.2 Å². The second kappa shape index (κ2) is 5.16. The standard InChI is InChI=1S/C5H11NO2.C3H9NO/c1-6(2,3)4-5(7)8;1-4(2,3)5/h4H2,1-3H3;1-3H3. The number of hydrogen-bond acceptors (Lipinski definition) is 3. The van der Waals surface area contributed by atoms with Crippen molar-refractivity contribution in [3.63, 3.8) is 0 Å². The number of hydroxylamine groups is 3. The van der Waals surface area contributed by atoms with Crippen LogP contribution in [0.5, 0.6) is 0 Å². The Kier molecular flexibility index (Phi) is 5.90. The summed E-state index contributed by atoms with van der Waals surface area (Å²) in [6.45, 7) is 0.0694. The quantitative estimate of drug-likeness (QED) is 0.401. The van der Waals surface area contributed by atoms with Gasteiger partial charge in [-0.1, -0.05) is 0 Å². The van der Waals surface area contributed by atoms with Crippen LogP contribution in [0.1, 0.15) is 0 Å². The molecule has 0 saturated heterocycles. The van der Waals surface area contributed by atoms with Crippen LogP contribution in [0.2, 0.25) is 0 Å². The van der Waals surface area contributed by atoms with Gasteiger partial charge in [0.05, 0.1) is 48.3 Å². The van der Waals surface area contributed by atoms with E-state index in [9.17, 15) is 15.1 Å². The number of aliphatic carboxylic acids is 1. The third-order valence-electron chi connectivity index (χ3n) is 0.603. The SMILES string of the molecule is C[N+](C)(C)CC(=O)[O-].C[N+](C)(C)[O-]. The Labute approximate surface area is 79.9 Å². The van der Waals surface area contributed by atoms with Gasteiger partial charge in [-0.15, -0.1) is 0 Å². The highest BCUT2D eigenvalue weighted by Gasteiger charge is 2.04. The largest absolute Gasteiger partial charge is 0.633 e. The van der Waals surface area contributed by atoms with Gasteiger partial charge in [0.1, 0.15) is 6.54 Å². The number of rotatable bonds is 2. The van der Waals surface area contributed by atoms with E-state index in [0.29, 0.717) is 4.48 Å². The lowest BCUT2D eigenvalue weighted by molar-refractivity contribution is -0.864. The normalized spacial score (nSPS) is 11.6. The van der Waals surface area contributed by atoms with Crippen LogP contribution < -0.4 is 5.11 Å². The van der Waals surface area contributed by atoms with Gasteiger partial charge in [-0.2, -0.15) is 0 Å². The first kappa shape index (κ1) is 14.9. The van der Waals surface area contributed by atoms with Gasteiger partial charge >= 0.3 is 0 Å². The lowest BCUT2D eigenvalue weighted by Crippen LogP contribution is -2.45. The molecule has 0 fully saturated rings. The smallest absolute Gasteiger partial charge is 0.118 e. The molecule has 5 heteroatoms. The van der Waals surface area contributed by atoms with Crippen LogP contribution in [0.3, 0.4) is 0 Å². The summed E-state index contributed by atoms with van der Waals surface area (Å²) in [4.78, 5) is 9.89. The van der Waals surface area contributed by atoms with Crippen LogP contribution in [0.4, 0.5) is 0 Å². The fourth-order valence-electron chi connectivity index (χ4n) is 0.387. The summed E-state index contributed by atoms with van der Waals surface area (Å²) >= 11 is 0. The maximum Gasteiger partial charge on any atom is 0.118 e. The molecule has 80 valence electrons. The van der Waals surface area contributed by atoms with Gasteiger partial charge in [0, 0.05) is 0 Å². The van der Waals surface area contributed by atoms with Crippen LogP contribution in [-0.4, -0.2) is 63.9 Å². The molecule has 0 rings (SSSR count). The first-order valence-corrected chi connectivity index (χ1v) is 3.94. The van der Waals surface area contributed by atoms with Crippen LogP contribution in [0.15, 0.2) is 0 Å². The molecule has 0 amide bonds. The minimum absolute atomic E-state index is 0.0694. The summed E-state index contributed by atoms with van der Waals surface area (Å²) in [5, 5.41) is 19.9. The van der Waals surface area contributed by atoms with Crippen molar-refractivity contribution >= 4 is 5.97 Å². The van der Waals surface area contributed by atoms with E-state index in [4.69, 9.17) is 0 Å². The molecule has 0 aliphatic rings. The van der Waals surface area contributed by atoms with Crippen LogP contribution >= 0.6 is 0 Å². The summed E-state index contributed by atoms with van der Waals surface area (Å²) in [7, 11) is 10.1. The number of nitrogens with zero attached hydrogens (tertiary/aromatic N) is 2. The molecule has 0 saturated carbocycles. The summed E-state index contributed by atoms with van der Waals surface area (Å²) in [6.07, 6.45) is 0. The average molecular weight is 192 g/mol. The Balaban J connectivity index is 0. The van der Waals surface area contributed by atoms with Crippen LogP contribution in [0.25, 0.3) is 0 Å². The molecule has 5 nitrogen and oxygen atoms in total. The molecule has 0 unspecified atom stereocenters. The summed E-state index contributed by atoms with van der Waals surface area (Å²) in [6, 6.07) is 0. The van der Waals surface area contributed by atoms with Crippen molar-refractivity contribution in [2.24, 2.45) is 0 Å². The van der Waals surface area contributed by atoms with Gasteiger partial charge in [-0.3, -0.25) is 0 Å². The highest BCUT2D eigenvalue weighted by Crippen LogP contribution is 1.84. The van der Waals surface area contributed by atoms with E-state index in [1.807, 2.05) is 0 Å². The van der Waals surface area contributed by atoms with E-state index in [2.05, 4.69) is 0 Å².